The molecule has 0 aromatic heterocycles. The van der Waals surface area contributed by atoms with Crippen molar-refractivity contribution in [3.8, 4) is 0 Å². The molecular weight excluding hydrogens is 486 g/mol. The van der Waals surface area contributed by atoms with Crippen LogP contribution in [0.15, 0.2) is 36.4 Å². The molecule has 0 aliphatic carbocycles. The number of nitrogens with one attached hydrogen (secondary N) is 1. The number of halogens is 4. The third-order valence-electron chi connectivity index (χ3n) is 4.41. The SMILES string of the molecule is CCNC(=O)C(C)N(Cc1c(Cl)cccc1Cl)C(=O)CSCc1ccc(Cl)cc1Cl. The number of hydrogen-bond donors (Lipinski definition) is 1. The number of carbonyl (C=O) groups is 2. The van der Waals surface area contributed by atoms with Crippen LogP contribution in [0.5, 0.6) is 0 Å². The van der Waals surface area contributed by atoms with Gasteiger partial charge in [0, 0.05) is 44.5 Å². The number of hydrogen-bond acceptors (Lipinski definition) is 3. The molecule has 2 rings (SSSR count). The summed E-state index contributed by atoms with van der Waals surface area (Å²) in [6.07, 6.45) is 0. The number of nitrogens with zero attached hydrogens (tertiary/aromatic N) is 1. The van der Waals surface area contributed by atoms with Gasteiger partial charge in [-0.2, -0.15) is 0 Å². The molecule has 0 saturated carbocycles. The van der Waals surface area contributed by atoms with E-state index in [0.29, 0.717) is 38.0 Å². The van der Waals surface area contributed by atoms with Crippen LogP contribution in [0, 0.1) is 0 Å². The Morgan fingerprint density at radius 3 is 2.33 bits per heavy atom. The molecule has 0 spiro atoms. The highest BCUT2D eigenvalue weighted by molar-refractivity contribution is 7.99. The summed E-state index contributed by atoms with van der Waals surface area (Å²) >= 11 is 26.1. The summed E-state index contributed by atoms with van der Waals surface area (Å²) in [6.45, 7) is 4.13. The number of carbonyl (C=O) groups excluding carboxylic acids is 2. The van der Waals surface area contributed by atoms with Crippen molar-refractivity contribution in [3.63, 3.8) is 0 Å². The summed E-state index contributed by atoms with van der Waals surface area (Å²) < 4.78 is 0. The van der Waals surface area contributed by atoms with Crippen LogP contribution in [0.1, 0.15) is 25.0 Å². The van der Waals surface area contributed by atoms with Crippen molar-refractivity contribution in [1.82, 2.24) is 10.2 Å². The largest absolute Gasteiger partial charge is 0.355 e. The molecule has 162 valence electrons. The Hall–Kier alpha value is -1.11. The fraction of sp³-hybridized carbons (Fsp3) is 0.333. The van der Waals surface area contributed by atoms with Crippen molar-refractivity contribution < 1.29 is 9.59 Å². The quantitative estimate of drug-likeness (QED) is 0.447. The number of thioether (sulfide) groups is 1. The lowest BCUT2D eigenvalue weighted by Gasteiger charge is -2.29. The summed E-state index contributed by atoms with van der Waals surface area (Å²) in [5.74, 6) is 0.280. The van der Waals surface area contributed by atoms with Crippen molar-refractivity contribution in [2.75, 3.05) is 12.3 Å². The second-order valence-electron chi connectivity index (χ2n) is 6.52. The van der Waals surface area contributed by atoms with Crippen molar-refractivity contribution in [2.24, 2.45) is 0 Å². The lowest BCUT2D eigenvalue weighted by molar-refractivity contribution is -0.138. The van der Waals surface area contributed by atoms with E-state index in [1.54, 1.807) is 37.3 Å². The molecule has 0 aliphatic heterocycles. The van der Waals surface area contributed by atoms with Crippen LogP contribution in [0.3, 0.4) is 0 Å². The third-order valence-corrected chi connectivity index (χ3v) is 6.67. The van der Waals surface area contributed by atoms with E-state index in [-0.39, 0.29) is 24.1 Å². The molecule has 2 amide bonds. The van der Waals surface area contributed by atoms with Gasteiger partial charge in [-0.15, -0.1) is 11.8 Å². The molecule has 4 nitrogen and oxygen atoms in total. The second kappa shape index (κ2) is 12.1. The highest BCUT2D eigenvalue weighted by Gasteiger charge is 2.27. The van der Waals surface area contributed by atoms with Crippen molar-refractivity contribution in [2.45, 2.75) is 32.2 Å². The van der Waals surface area contributed by atoms with Gasteiger partial charge in [-0.3, -0.25) is 9.59 Å². The molecule has 1 unspecified atom stereocenters. The van der Waals surface area contributed by atoms with E-state index in [2.05, 4.69) is 5.32 Å². The average molecular weight is 508 g/mol. The van der Waals surface area contributed by atoms with Gasteiger partial charge < -0.3 is 10.2 Å². The Bertz CT molecular complexity index is 890. The fourth-order valence-corrected chi connectivity index (χ4v) is 4.71. The van der Waals surface area contributed by atoms with Crippen LogP contribution >= 0.6 is 58.2 Å². The number of rotatable bonds is 9. The first-order valence-electron chi connectivity index (χ1n) is 9.26. The summed E-state index contributed by atoms with van der Waals surface area (Å²) in [7, 11) is 0. The molecule has 30 heavy (non-hydrogen) atoms. The zero-order chi connectivity index (χ0) is 22.3. The first-order chi connectivity index (χ1) is 14.2. The van der Waals surface area contributed by atoms with Gasteiger partial charge in [-0.25, -0.2) is 0 Å². The molecule has 2 aromatic carbocycles. The normalized spacial score (nSPS) is 11.8. The number of amides is 2. The van der Waals surface area contributed by atoms with Crippen molar-refractivity contribution in [3.05, 3.63) is 67.6 Å². The molecule has 0 fully saturated rings. The van der Waals surface area contributed by atoms with Crippen molar-refractivity contribution >= 4 is 70.0 Å². The van der Waals surface area contributed by atoms with Gasteiger partial charge in [-0.1, -0.05) is 58.5 Å². The van der Waals surface area contributed by atoms with Crippen LogP contribution in [-0.4, -0.2) is 35.1 Å². The van der Waals surface area contributed by atoms with Gasteiger partial charge in [0.25, 0.3) is 0 Å². The molecule has 1 N–H and O–H groups in total. The number of likely N-dealkylation sites (N-methyl/N-ethyl adjacent to an activating group) is 1. The maximum Gasteiger partial charge on any atom is 0.242 e. The average Bonchev–Trinajstić information content (AvgIpc) is 2.69. The first-order valence-corrected chi connectivity index (χ1v) is 11.9. The molecule has 0 aliphatic rings. The fourth-order valence-electron chi connectivity index (χ4n) is 2.73. The molecular formula is C21H22Cl4N2O2S. The molecule has 0 bridgehead atoms. The Morgan fingerprint density at radius 1 is 1.07 bits per heavy atom. The maximum absolute atomic E-state index is 13.0. The Labute approximate surface area is 201 Å². The monoisotopic (exact) mass is 506 g/mol. The molecule has 0 heterocycles. The van der Waals surface area contributed by atoms with Gasteiger partial charge >= 0.3 is 0 Å². The first kappa shape index (κ1) is 25.2. The Balaban J connectivity index is 2.14. The second-order valence-corrected chi connectivity index (χ2v) is 9.16. The third kappa shape index (κ3) is 6.96. The van der Waals surface area contributed by atoms with E-state index in [0.717, 1.165) is 5.56 Å². The van der Waals surface area contributed by atoms with E-state index in [9.17, 15) is 9.59 Å². The summed E-state index contributed by atoms with van der Waals surface area (Å²) in [4.78, 5) is 26.9. The summed E-state index contributed by atoms with van der Waals surface area (Å²) in [5.41, 5.74) is 1.49. The minimum atomic E-state index is -0.676. The van der Waals surface area contributed by atoms with Gasteiger partial charge in [-0.05, 0) is 43.7 Å². The lowest BCUT2D eigenvalue weighted by Crippen LogP contribution is -2.48. The molecule has 0 saturated heterocycles. The van der Waals surface area contributed by atoms with E-state index < -0.39 is 6.04 Å². The number of benzene rings is 2. The smallest absolute Gasteiger partial charge is 0.242 e. The van der Waals surface area contributed by atoms with Gasteiger partial charge in [0.2, 0.25) is 11.8 Å². The van der Waals surface area contributed by atoms with Crippen LogP contribution in [-0.2, 0) is 21.9 Å². The van der Waals surface area contributed by atoms with Crippen LogP contribution in [0.4, 0.5) is 0 Å². The molecule has 1 atom stereocenters. The zero-order valence-electron chi connectivity index (χ0n) is 16.6. The van der Waals surface area contributed by atoms with Crippen LogP contribution in [0.25, 0.3) is 0 Å². The summed E-state index contributed by atoms with van der Waals surface area (Å²) in [6, 6.07) is 9.74. The molecule has 2 aromatic rings. The predicted molar refractivity (Wildman–Crippen MR) is 128 cm³/mol. The van der Waals surface area contributed by atoms with E-state index in [4.69, 9.17) is 46.4 Å². The van der Waals surface area contributed by atoms with Gasteiger partial charge in [0.15, 0.2) is 0 Å². The van der Waals surface area contributed by atoms with Crippen molar-refractivity contribution in [1.29, 1.82) is 0 Å². The Kier molecular flexibility index (Phi) is 10.1. The van der Waals surface area contributed by atoms with E-state index in [1.807, 2.05) is 13.0 Å². The minimum absolute atomic E-state index is 0.137. The van der Waals surface area contributed by atoms with Gasteiger partial charge in [0.05, 0.1) is 5.75 Å². The molecule has 9 heteroatoms. The lowest BCUT2D eigenvalue weighted by atomic mass is 10.1. The standard InChI is InChI=1S/C21H22Cl4N2O2S/c1-3-26-21(29)13(2)27(10-16-17(23)5-4-6-18(16)24)20(28)12-30-11-14-7-8-15(22)9-19(14)25/h4-9,13H,3,10-12H2,1-2H3,(H,26,29). The maximum atomic E-state index is 13.0. The Morgan fingerprint density at radius 2 is 1.73 bits per heavy atom. The molecule has 0 radical (unpaired) electrons. The predicted octanol–water partition coefficient (Wildman–Crippen LogP) is 6.09. The van der Waals surface area contributed by atoms with E-state index >= 15 is 0 Å². The van der Waals surface area contributed by atoms with Crippen LogP contribution in [0.2, 0.25) is 20.1 Å². The van der Waals surface area contributed by atoms with E-state index in [1.165, 1.54) is 16.7 Å². The topological polar surface area (TPSA) is 49.4 Å². The minimum Gasteiger partial charge on any atom is -0.355 e. The zero-order valence-corrected chi connectivity index (χ0v) is 20.4. The highest BCUT2D eigenvalue weighted by atomic mass is 35.5. The highest BCUT2D eigenvalue weighted by Crippen LogP contribution is 2.28. The van der Waals surface area contributed by atoms with Crippen LogP contribution < -0.4 is 5.32 Å². The van der Waals surface area contributed by atoms with Gasteiger partial charge in [0.1, 0.15) is 6.04 Å². The summed E-state index contributed by atoms with van der Waals surface area (Å²) in [5, 5.41) is 4.76.